The molecule has 2 rings (SSSR count). The predicted octanol–water partition coefficient (Wildman–Crippen LogP) is 0.368. The van der Waals surface area contributed by atoms with Crippen LogP contribution in [0.4, 0.5) is 0 Å². The maximum absolute atomic E-state index is 9.33. The third-order valence-electron chi connectivity index (χ3n) is 1.41. The van der Waals surface area contributed by atoms with Gasteiger partial charge in [-0.05, 0) is 12.1 Å². The zero-order valence-electron chi connectivity index (χ0n) is 6.12. The Labute approximate surface area is 68.3 Å². The van der Waals surface area contributed by atoms with Crippen molar-refractivity contribution < 1.29 is 5.11 Å². The van der Waals surface area contributed by atoms with E-state index < -0.39 is 0 Å². The molecule has 0 aromatic carbocycles. The maximum Gasteiger partial charge on any atom is 0.197 e. The van der Waals surface area contributed by atoms with E-state index in [1.807, 2.05) is 0 Å². The van der Waals surface area contributed by atoms with Crippen molar-refractivity contribution in [2.75, 3.05) is 0 Å². The minimum atomic E-state index is 0.0861. The molecule has 12 heavy (non-hydrogen) atoms. The summed E-state index contributed by atoms with van der Waals surface area (Å²) in [4.78, 5) is 3.93. The van der Waals surface area contributed by atoms with Crippen LogP contribution in [0.25, 0.3) is 5.82 Å². The molecule has 2 heterocycles. The van der Waals surface area contributed by atoms with Gasteiger partial charge in [-0.1, -0.05) is 5.21 Å². The highest BCUT2D eigenvalue weighted by Crippen LogP contribution is 2.15. The molecule has 0 unspecified atom stereocenters. The van der Waals surface area contributed by atoms with E-state index in [4.69, 9.17) is 0 Å². The van der Waals surface area contributed by atoms with Crippen LogP contribution >= 0.6 is 0 Å². The zero-order valence-corrected chi connectivity index (χ0v) is 6.12. The molecule has 0 saturated carbocycles. The third kappa shape index (κ3) is 1.01. The molecule has 0 spiro atoms. The molecule has 0 atom stereocenters. The molecule has 1 N–H and O–H groups in total. The molecule has 2 aromatic heterocycles. The van der Waals surface area contributed by atoms with Crippen molar-refractivity contribution in [3.8, 4) is 11.6 Å². The highest BCUT2D eigenvalue weighted by Gasteiger charge is 2.02. The van der Waals surface area contributed by atoms with E-state index >= 15 is 0 Å². The van der Waals surface area contributed by atoms with Gasteiger partial charge in [-0.2, -0.15) is 4.68 Å². The lowest BCUT2D eigenvalue weighted by atomic mass is 10.4. The Morgan fingerprint density at radius 3 is 2.92 bits per heavy atom. The van der Waals surface area contributed by atoms with E-state index in [0.717, 1.165) is 0 Å². The molecule has 5 heteroatoms. The summed E-state index contributed by atoms with van der Waals surface area (Å²) < 4.78 is 1.40. The first kappa shape index (κ1) is 6.78. The highest BCUT2D eigenvalue weighted by molar-refractivity contribution is 5.36. The molecule has 0 amide bonds. The van der Waals surface area contributed by atoms with Crippen molar-refractivity contribution in [2.24, 2.45) is 0 Å². The molecule has 0 bridgehead atoms. The van der Waals surface area contributed by atoms with Crippen LogP contribution in [0.5, 0.6) is 5.75 Å². The van der Waals surface area contributed by atoms with Gasteiger partial charge in [-0.15, -0.1) is 5.10 Å². The van der Waals surface area contributed by atoms with Crippen LogP contribution in [0.3, 0.4) is 0 Å². The number of hydrogen-bond acceptors (Lipinski definition) is 4. The molecule has 0 radical (unpaired) electrons. The van der Waals surface area contributed by atoms with Gasteiger partial charge in [0.2, 0.25) is 0 Å². The predicted molar refractivity (Wildman–Crippen MR) is 40.8 cm³/mol. The second-order valence-corrected chi connectivity index (χ2v) is 2.19. The summed E-state index contributed by atoms with van der Waals surface area (Å²) in [7, 11) is 0. The maximum atomic E-state index is 9.33. The minimum absolute atomic E-state index is 0.0861. The molecule has 0 aliphatic rings. The molecule has 60 valence electrons. The van der Waals surface area contributed by atoms with Crippen molar-refractivity contribution in [1.82, 2.24) is 20.0 Å². The second-order valence-electron chi connectivity index (χ2n) is 2.19. The normalized spacial score (nSPS) is 10.0. The van der Waals surface area contributed by atoms with Gasteiger partial charge < -0.3 is 5.11 Å². The van der Waals surface area contributed by atoms with Crippen LogP contribution in [-0.4, -0.2) is 25.1 Å². The van der Waals surface area contributed by atoms with Crippen molar-refractivity contribution in [3.63, 3.8) is 0 Å². The third-order valence-corrected chi connectivity index (χ3v) is 1.41. The summed E-state index contributed by atoms with van der Waals surface area (Å²) in [5.41, 5.74) is 0. The molecule has 0 aliphatic carbocycles. The van der Waals surface area contributed by atoms with Gasteiger partial charge in [-0.3, -0.25) is 0 Å². The first-order valence-corrected chi connectivity index (χ1v) is 3.38. The van der Waals surface area contributed by atoms with Gasteiger partial charge in [0, 0.05) is 6.20 Å². The van der Waals surface area contributed by atoms with Crippen LogP contribution in [0, 0.1) is 0 Å². The number of hydrogen-bond donors (Lipinski definition) is 1. The summed E-state index contributed by atoms with van der Waals surface area (Å²) in [5, 5.41) is 16.6. The summed E-state index contributed by atoms with van der Waals surface area (Å²) in [6.07, 6.45) is 4.72. The zero-order chi connectivity index (χ0) is 8.39. The Balaban J connectivity index is 2.55. The Hall–Kier alpha value is -1.91. The quantitative estimate of drug-likeness (QED) is 0.657. The average molecular weight is 162 g/mol. The van der Waals surface area contributed by atoms with Gasteiger partial charge in [0.05, 0.1) is 12.4 Å². The fourth-order valence-corrected chi connectivity index (χ4v) is 0.886. The van der Waals surface area contributed by atoms with Gasteiger partial charge >= 0.3 is 0 Å². The number of aromatic nitrogens is 4. The Kier molecular flexibility index (Phi) is 1.48. The summed E-state index contributed by atoms with van der Waals surface area (Å²) in [6, 6.07) is 3.19. The van der Waals surface area contributed by atoms with Crippen molar-refractivity contribution >= 4 is 0 Å². The largest absolute Gasteiger partial charge is 0.504 e. The van der Waals surface area contributed by atoms with E-state index in [9.17, 15) is 5.11 Å². The lowest BCUT2D eigenvalue weighted by molar-refractivity contribution is 0.466. The average Bonchev–Trinajstić information content (AvgIpc) is 2.57. The SMILES string of the molecule is Oc1cccnc1-n1ccnn1. The monoisotopic (exact) mass is 162 g/mol. The van der Waals surface area contributed by atoms with E-state index in [1.54, 1.807) is 24.5 Å². The molecule has 2 aromatic rings. The number of rotatable bonds is 1. The number of nitrogens with zero attached hydrogens (tertiary/aromatic N) is 4. The Morgan fingerprint density at radius 2 is 2.25 bits per heavy atom. The number of pyridine rings is 1. The molecule has 0 fully saturated rings. The lowest BCUT2D eigenvalue weighted by Gasteiger charge is -1.99. The van der Waals surface area contributed by atoms with Crippen LogP contribution in [0.1, 0.15) is 0 Å². The first-order chi connectivity index (χ1) is 5.88. The fraction of sp³-hybridized carbons (Fsp3) is 0. The second kappa shape index (κ2) is 2.61. The first-order valence-electron chi connectivity index (χ1n) is 3.38. The van der Waals surface area contributed by atoms with E-state index in [2.05, 4.69) is 15.3 Å². The molecule has 5 nitrogen and oxygen atoms in total. The van der Waals surface area contributed by atoms with E-state index in [-0.39, 0.29) is 5.75 Å². The molecule has 0 saturated heterocycles. The van der Waals surface area contributed by atoms with Gasteiger partial charge in [0.15, 0.2) is 11.6 Å². The van der Waals surface area contributed by atoms with Gasteiger partial charge in [0.1, 0.15) is 0 Å². The van der Waals surface area contributed by atoms with Crippen LogP contribution in [0.2, 0.25) is 0 Å². The van der Waals surface area contributed by atoms with E-state index in [0.29, 0.717) is 5.82 Å². The van der Waals surface area contributed by atoms with Crippen LogP contribution in [0.15, 0.2) is 30.7 Å². The highest BCUT2D eigenvalue weighted by atomic mass is 16.3. The van der Waals surface area contributed by atoms with Crippen LogP contribution in [-0.2, 0) is 0 Å². The summed E-state index contributed by atoms with van der Waals surface area (Å²) in [5.74, 6) is 0.470. The van der Waals surface area contributed by atoms with Gasteiger partial charge in [0.25, 0.3) is 0 Å². The smallest absolute Gasteiger partial charge is 0.197 e. The Morgan fingerprint density at radius 1 is 1.33 bits per heavy atom. The fourth-order valence-electron chi connectivity index (χ4n) is 0.886. The minimum Gasteiger partial charge on any atom is -0.504 e. The summed E-state index contributed by atoms with van der Waals surface area (Å²) >= 11 is 0. The Bertz CT molecular complexity index is 371. The molecular weight excluding hydrogens is 156 g/mol. The van der Waals surface area contributed by atoms with E-state index in [1.165, 1.54) is 10.9 Å². The van der Waals surface area contributed by atoms with Crippen molar-refractivity contribution in [3.05, 3.63) is 30.7 Å². The lowest BCUT2D eigenvalue weighted by Crippen LogP contribution is -1.97. The summed E-state index contributed by atoms with van der Waals surface area (Å²) in [6.45, 7) is 0. The van der Waals surface area contributed by atoms with Crippen molar-refractivity contribution in [2.45, 2.75) is 0 Å². The number of aromatic hydroxyl groups is 1. The standard InChI is InChI=1S/C7H6N4O/c12-6-2-1-3-8-7(6)11-5-4-9-10-11/h1-5,12H. The molecule has 0 aliphatic heterocycles. The van der Waals surface area contributed by atoms with Crippen LogP contribution < -0.4 is 0 Å². The van der Waals surface area contributed by atoms with Gasteiger partial charge in [-0.25, -0.2) is 4.98 Å². The van der Waals surface area contributed by atoms with Crippen molar-refractivity contribution in [1.29, 1.82) is 0 Å². The molecular formula is C7H6N4O. The topological polar surface area (TPSA) is 63.8 Å².